The Morgan fingerprint density at radius 1 is 0.938 bits per heavy atom. The zero-order valence-corrected chi connectivity index (χ0v) is 9.51. The molecule has 0 bridgehead atoms. The number of aryl methyl sites for hydroxylation is 2. The van der Waals surface area contributed by atoms with E-state index in [0.717, 1.165) is 11.1 Å². The summed E-state index contributed by atoms with van der Waals surface area (Å²) < 4.78 is 0. The van der Waals surface area contributed by atoms with Gasteiger partial charge in [-0.25, -0.2) is 9.97 Å². The average Bonchev–Trinajstić information content (AvgIpc) is 2.30. The van der Waals surface area contributed by atoms with Crippen molar-refractivity contribution in [3.63, 3.8) is 0 Å². The number of nitrogens with zero attached hydrogens (tertiary/aromatic N) is 2. The topological polar surface area (TPSA) is 51.8 Å². The van der Waals surface area contributed by atoms with Crippen LogP contribution in [0, 0.1) is 13.8 Å². The molecule has 1 heterocycles. The first kappa shape index (κ1) is 10.8. The van der Waals surface area contributed by atoms with E-state index in [1.807, 2.05) is 31.2 Å². The van der Waals surface area contributed by atoms with Crippen LogP contribution in [0.15, 0.2) is 36.7 Å². The first-order valence-electron chi connectivity index (χ1n) is 5.27. The fourth-order valence-electron chi connectivity index (χ4n) is 1.49. The SMILES string of the molecule is Cc1ccc(C(N)c2ncc(C)cn2)cc1. The Labute approximate surface area is 95.4 Å². The largest absolute Gasteiger partial charge is 0.318 e. The fourth-order valence-corrected chi connectivity index (χ4v) is 1.49. The van der Waals surface area contributed by atoms with Crippen LogP contribution in [0.4, 0.5) is 0 Å². The first-order valence-corrected chi connectivity index (χ1v) is 5.27. The molecule has 0 aliphatic carbocycles. The second-order valence-electron chi connectivity index (χ2n) is 4.01. The molecule has 0 fully saturated rings. The number of hydrogen-bond acceptors (Lipinski definition) is 3. The van der Waals surface area contributed by atoms with Crippen molar-refractivity contribution in [2.24, 2.45) is 5.73 Å². The van der Waals surface area contributed by atoms with Crippen LogP contribution in [-0.4, -0.2) is 9.97 Å². The van der Waals surface area contributed by atoms with Crippen LogP contribution < -0.4 is 5.73 Å². The molecule has 0 saturated heterocycles. The molecule has 0 aliphatic heterocycles. The van der Waals surface area contributed by atoms with Gasteiger partial charge >= 0.3 is 0 Å². The van der Waals surface area contributed by atoms with Crippen LogP contribution in [-0.2, 0) is 0 Å². The van der Waals surface area contributed by atoms with E-state index in [1.165, 1.54) is 5.56 Å². The summed E-state index contributed by atoms with van der Waals surface area (Å²) in [4.78, 5) is 8.48. The van der Waals surface area contributed by atoms with Gasteiger partial charge in [0.05, 0.1) is 6.04 Å². The van der Waals surface area contributed by atoms with Crippen molar-refractivity contribution in [2.45, 2.75) is 19.9 Å². The maximum atomic E-state index is 6.09. The van der Waals surface area contributed by atoms with Gasteiger partial charge in [0.25, 0.3) is 0 Å². The summed E-state index contributed by atoms with van der Waals surface area (Å²) >= 11 is 0. The molecule has 1 atom stereocenters. The average molecular weight is 213 g/mol. The van der Waals surface area contributed by atoms with Crippen molar-refractivity contribution >= 4 is 0 Å². The number of aromatic nitrogens is 2. The number of nitrogens with two attached hydrogens (primary N) is 1. The van der Waals surface area contributed by atoms with Gasteiger partial charge in [-0.05, 0) is 25.0 Å². The third-order valence-electron chi connectivity index (χ3n) is 2.52. The Hall–Kier alpha value is -1.74. The van der Waals surface area contributed by atoms with E-state index in [0.29, 0.717) is 5.82 Å². The molecule has 0 aliphatic rings. The van der Waals surface area contributed by atoms with Crippen LogP contribution in [0.3, 0.4) is 0 Å². The van der Waals surface area contributed by atoms with E-state index in [9.17, 15) is 0 Å². The fraction of sp³-hybridized carbons (Fsp3) is 0.231. The molecular weight excluding hydrogens is 198 g/mol. The molecule has 3 nitrogen and oxygen atoms in total. The van der Waals surface area contributed by atoms with E-state index in [-0.39, 0.29) is 6.04 Å². The lowest BCUT2D eigenvalue weighted by molar-refractivity contribution is 0.777. The summed E-state index contributed by atoms with van der Waals surface area (Å²) in [6.07, 6.45) is 3.58. The molecule has 0 radical (unpaired) electrons. The highest BCUT2D eigenvalue weighted by Gasteiger charge is 2.10. The van der Waals surface area contributed by atoms with Gasteiger partial charge in [0.1, 0.15) is 5.82 Å². The zero-order valence-electron chi connectivity index (χ0n) is 9.51. The zero-order chi connectivity index (χ0) is 11.5. The highest BCUT2D eigenvalue weighted by atomic mass is 14.9. The Bertz CT molecular complexity index is 414. The molecule has 1 unspecified atom stereocenters. The van der Waals surface area contributed by atoms with Gasteiger partial charge < -0.3 is 5.73 Å². The van der Waals surface area contributed by atoms with Crippen molar-refractivity contribution < 1.29 is 0 Å². The summed E-state index contributed by atoms with van der Waals surface area (Å²) in [6, 6.07) is 7.88. The predicted octanol–water partition coefficient (Wildman–Crippen LogP) is 2.14. The predicted molar refractivity (Wildman–Crippen MR) is 64.0 cm³/mol. The molecule has 2 rings (SSSR count). The normalized spacial score (nSPS) is 12.4. The number of benzene rings is 1. The summed E-state index contributed by atoms with van der Waals surface area (Å²) in [5.41, 5.74) is 9.39. The van der Waals surface area contributed by atoms with Crippen LogP contribution in [0.5, 0.6) is 0 Å². The van der Waals surface area contributed by atoms with Gasteiger partial charge in [0.15, 0.2) is 0 Å². The molecule has 0 spiro atoms. The quantitative estimate of drug-likeness (QED) is 0.831. The standard InChI is InChI=1S/C13H15N3/c1-9-3-5-11(6-4-9)12(14)13-15-7-10(2)8-16-13/h3-8,12H,14H2,1-2H3. The second-order valence-corrected chi connectivity index (χ2v) is 4.01. The van der Waals surface area contributed by atoms with Crippen LogP contribution in [0.25, 0.3) is 0 Å². The Morgan fingerprint density at radius 2 is 1.50 bits per heavy atom. The van der Waals surface area contributed by atoms with E-state index in [1.54, 1.807) is 12.4 Å². The minimum Gasteiger partial charge on any atom is -0.318 e. The van der Waals surface area contributed by atoms with Gasteiger partial charge in [-0.15, -0.1) is 0 Å². The molecule has 1 aromatic carbocycles. The lowest BCUT2D eigenvalue weighted by Gasteiger charge is -2.10. The Balaban J connectivity index is 2.28. The van der Waals surface area contributed by atoms with Gasteiger partial charge in [0, 0.05) is 12.4 Å². The highest BCUT2D eigenvalue weighted by molar-refractivity contribution is 5.27. The molecule has 2 aromatic rings. The third kappa shape index (κ3) is 2.25. The minimum absolute atomic E-state index is 0.249. The van der Waals surface area contributed by atoms with Crippen molar-refractivity contribution in [3.05, 3.63) is 59.2 Å². The molecule has 3 heteroatoms. The highest BCUT2D eigenvalue weighted by Crippen LogP contribution is 2.16. The van der Waals surface area contributed by atoms with Gasteiger partial charge in [0.2, 0.25) is 0 Å². The molecular formula is C13H15N3. The van der Waals surface area contributed by atoms with Crippen molar-refractivity contribution in [1.82, 2.24) is 9.97 Å². The van der Waals surface area contributed by atoms with Gasteiger partial charge in [-0.1, -0.05) is 29.8 Å². The van der Waals surface area contributed by atoms with Crippen LogP contribution >= 0.6 is 0 Å². The number of rotatable bonds is 2. The molecule has 0 saturated carbocycles. The third-order valence-corrected chi connectivity index (χ3v) is 2.52. The van der Waals surface area contributed by atoms with E-state index in [4.69, 9.17) is 5.73 Å². The smallest absolute Gasteiger partial charge is 0.149 e. The van der Waals surface area contributed by atoms with Crippen molar-refractivity contribution in [3.8, 4) is 0 Å². The summed E-state index contributed by atoms with van der Waals surface area (Å²) in [5, 5.41) is 0. The molecule has 1 aromatic heterocycles. The Kier molecular flexibility index (Phi) is 2.97. The van der Waals surface area contributed by atoms with Gasteiger partial charge in [-0.3, -0.25) is 0 Å². The summed E-state index contributed by atoms with van der Waals surface area (Å²) in [6.45, 7) is 4.01. The maximum Gasteiger partial charge on any atom is 0.149 e. The summed E-state index contributed by atoms with van der Waals surface area (Å²) in [5.74, 6) is 0.662. The van der Waals surface area contributed by atoms with E-state index in [2.05, 4.69) is 16.9 Å². The monoisotopic (exact) mass is 213 g/mol. The van der Waals surface area contributed by atoms with E-state index >= 15 is 0 Å². The maximum absolute atomic E-state index is 6.09. The minimum atomic E-state index is -0.249. The second kappa shape index (κ2) is 4.41. The summed E-state index contributed by atoms with van der Waals surface area (Å²) in [7, 11) is 0. The van der Waals surface area contributed by atoms with Crippen LogP contribution in [0.2, 0.25) is 0 Å². The first-order chi connectivity index (χ1) is 7.66. The lowest BCUT2D eigenvalue weighted by Crippen LogP contribution is -2.15. The lowest BCUT2D eigenvalue weighted by atomic mass is 10.1. The Morgan fingerprint density at radius 3 is 2.06 bits per heavy atom. The molecule has 2 N–H and O–H groups in total. The molecule has 16 heavy (non-hydrogen) atoms. The van der Waals surface area contributed by atoms with E-state index < -0.39 is 0 Å². The van der Waals surface area contributed by atoms with Crippen molar-refractivity contribution in [2.75, 3.05) is 0 Å². The number of hydrogen-bond donors (Lipinski definition) is 1. The molecule has 82 valence electrons. The van der Waals surface area contributed by atoms with Crippen molar-refractivity contribution in [1.29, 1.82) is 0 Å². The molecule has 0 amide bonds. The van der Waals surface area contributed by atoms with Gasteiger partial charge in [-0.2, -0.15) is 0 Å². The van der Waals surface area contributed by atoms with Crippen LogP contribution in [0.1, 0.15) is 28.6 Å².